The predicted octanol–water partition coefficient (Wildman–Crippen LogP) is 4.26. The number of fused-ring (bicyclic) bond motifs is 1. The monoisotopic (exact) mass is 506 g/mol. The maximum Gasteiger partial charge on any atom is 0.246 e. The highest BCUT2D eigenvalue weighted by Crippen LogP contribution is 2.39. The quantitative estimate of drug-likeness (QED) is 0.447. The van der Waals surface area contributed by atoms with E-state index in [-0.39, 0.29) is 12.5 Å². The van der Waals surface area contributed by atoms with Gasteiger partial charge in [0.2, 0.25) is 5.91 Å². The summed E-state index contributed by atoms with van der Waals surface area (Å²) in [5.74, 6) is 0.683. The molecule has 3 aromatic rings. The van der Waals surface area contributed by atoms with Gasteiger partial charge in [0.1, 0.15) is 24.1 Å². The van der Waals surface area contributed by atoms with E-state index < -0.39 is 11.7 Å². The van der Waals surface area contributed by atoms with Crippen LogP contribution in [0.15, 0.2) is 60.7 Å². The lowest BCUT2D eigenvalue weighted by atomic mass is 9.89. The second kappa shape index (κ2) is 11.1. The number of benzene rings is 2. The molecule has 2 N–H and O–H groups in total. The molecule has 2 saturated heterocycles. The summed E-state index contributed by atoms with van der Waals surface area (Å²) in [6.45, 7) is 3.76. The van der Waals surface area contributed by atoms with Crippen LogP contribution < -0.4 is 4.74 Å². The van der Waals surface area contributed by atoms with Crippen LogP contribution in [0.5, 0.6) is 5.75 Å². The highest BCUT2D eigenvalue weighted by Gasteiger charge is 2.35. The lowest BCUT2D eigenvalue weighted by Crippen LogP contribution is -2.45. The van der Waals surface area contributed by atoms with Crippen LogP contribution >= 0.6 is 11.3 Å². The molecule has 0 saturated carbocycles. The lowest BCUT2D eigenvalue weighted by molar-refractivity contribution is -0.124. The van der Waals surface area contributed by atoms with E-state index >= 15 is 0 Å². The summed E-state index contributed by atoms with van der Waals surface area (Å²) in [6, 6.07) is 17.9. The van der Waals surface area contributed by atoms with Crippen LogP contribution in [0.1, 0.15) is 36.1 Å². The SMILES string of the molecule is O=C(C=Cc1ccccc1OCC(O)CN1CCC(O)(c2cc3ccccc3s2)CC1)N1CCCC1. The second-order valence-corrected chi connectivity index (χ2v) is 10.9. The minimum absolute atomic E-state index is 0.0306. The van der Waals surface area contributed by atoms with Crippen molar-refractivity contribution >= 4 is 33.4 Å². The Hall–Kier alpha value is -2.71. The molecular weight excluding hydrogens is 472 g/mol. The number of rotatable bonds is 8. The van der Waals surface area contributed by atoms with Crippen LogP contribution in [-0.4, -0.2) is 71.4 Å². The number of para-hydroxylation sites is 1. The highest BCUT2D eigenvalue weighted by molar-refractivity contribution is 7.19. The molecule has 2 aliphatic heterocycles. The van der Waals surface area contributed by atoms with Gasteiger partial charge in [0.25, 0.3) is 0 Å². The molecule has 0 bridgehead atoms. The van der Waals surface area contributed by atoms with E-state index in [0.717, 1.165) is 49.5 Å². The van der Waals surface area contributed by atoms with Gasteiger partial charge in [-0.15, -0.1) is 11.3 Å². The van der Waals surface area contributed by atoms with Crippen molar-refractivity contribution in [1.82, 2.24) is 9.80 Å². The largest absolute Gasteiger partial charge is 0.490 e. The Morgan fingerprint density at radius 2 is 1.78 bits per heavy atom. The first-order chi connectivity index (χ1) is 17.5. The van der Waals surface area contributed by atoms with Crippen LogP contribution in [0.2, 0.25) is 0 Å². The smallest absolute Gasteiger partial charge is 0.246 e. The number of carbonyl (C=O) groups is 1. The molecular formula is C29H34N2O4S. The minimum Gasteiger partial charge on any atom is -0.490 e. The van der Waals surface area contributed by atoms with E-state index in [2.05, 4.69) is 23.1 Å². The molecule has 36 heavy (non-hydrogen) atoms. The molecule has 2 aliphatic rings. The Bertz CT molecular complexity index is 1180. The van der Waals surface area contributed by atoms with Gasteiger partial charge in [0.05, 0.1) is 0 Å². The van der Waals surface area contributed by atoms with Crippen molar-refractivity contribution in [2.24, 2.45) is 0 Å². The molecule has 0 radical (unpaired) electrons. The zero-order valence-electron chi connectivity index (χ0n) is 20.5. The summed E-state index contributed by atoms with van der Waals surface area (Å²) in [4.78, 5) is 17.4. The highest BCUT2D eigenvalue weighted by atomic mass is 32.1. The molecule has 1 amide bonds. The van der Waals surface area contributed by atoms with Crippen molar-refractivity contribution in [3.8, 4) is 5.75 Å². The molecule has 5 rings (SSSR count). The average molecular weight is 507 g/mol. The first-order valence-corrected chi connectivity index (χ1v) is 13.6. The molecule has 3 heterocycles. The van der Waals surface area contributed by atoms with Gasteiger partial charge in [0, 0.05) is 53.9 Å². The molecule has 190 valence electrons. The number of β-amino-alcohol motifs (C(OH)–C–C–N with tert-alkyl or cyclic N) is 1. The van der Waals surface area contributed by atoms with Gasteiger partial charge in [-0.3, -0.25) is 4.79 Å². The molecule has 6 nitrogen and oxygen atoms in total. The number of likely N-dealkylation sites (tertiary alicyclic amines) is 2. The fourth-order valence-corrected chi connectivity index (χ4v) is 6.26. The molecule has 7 heteroatoms. The summed E-state index contributed by atoms with van der Waals surface area (Å²) < 4.78 is 7.14. The topological polar surface area (TPSA) is 73.2 Å². The normalized spacial score (nSPS) is 19.2. The number of carbonyl (C=O) groups excluding carboxylic acids is 1. The third kappa shape index (κ3) is 5.81. The van der Waals surface area contributed by atoms with Crippen LogP contribution in [0.3, 0.4) is 0 Å². The average Bonchev–Trinajstić information content (AvgIpc) is 3.59. The van der Waals surface area contributed by atoms with E-state index in [0.29, 0.717) is 25.1 Å². The zero-order valence-corrected chi connectivity index (χ0v) is 21.3. The molecule has 2 fully saturated rings. The number of aliphatic hydroxyl groups is 2. The predicted molar refractivity (Wildman–Crippen MR) is 144 cm³/mol. The number of hydrogen-bond acceptors (Lipinski definition) is 6. The van der Waals surface area contributed by atoms with Crippen LogP contribution in [-0.2, 0) is 10.4 Å². The van der Waals surface area contributed by atoms with Crippen LogP contribution in [0, 0.1) is 0 Å². The van der Waals surface area contributed by atoms with E-state index in [1.807, 2.05) is 41.3 Å². The van der Waals surface area contributed by atoms with E-state index in [1.54, 1.807) is 23.5 Å². The number of piperidine rings is 1. The molecule has 1 atom stereocenters. The molecule has 1 unspecified atom stereocenters. The number of aliphatic hydroxyl groups excluding tert-OH is 1. The van der Waals surface area contributed by atoms with Crippen molar-refractivity contribution in [3.05, 3.63) is 71.1 Å². The van der Waals surface area contributed by atoms with Crippen molar-refractivity contribution < 1.29 is 19.7 Å². The second-order valence-electron chi connectivity index (χ2n) is 9.85. The Morgan fingerprint density at radius 3 is 2.56 bits per heavy atom. The van der Waals surface area contributed by atoms with Crippen LogP contribution in [0.25, 0.3) is 16.2 Å². The number of amides is 1. The van der Waals surface area contributed by atoms with Crippen molar-refractivity contribution in [1.29, 1.82) is 0 Å². The maximum absolute atomic E-state index is 12.3. The Kier molecular flexibility index (Phi) is 7.72. The zero-order chi connectivity index (χ0) is 25.0. The van der Waals surface area contributed by atoms with Crippen LogP contribution in [0.4, 0.5) is 0 Å². The number of hydrogen-bond donors (Lipinski definition) is 2. The summed E-state index contributed by atoms with van der Waals surface area (Å²) >= 11 is 1.67. The van der Waals surface area contributed by atoms with E-state index in [4.69, 9.17) is 4.74 Å². The van der Waals surface area contributed by atoms with E-state index in [1.165, 1.54) is 10.1 Å². The van der Waals surface area contributed by atoms with E-state index in [9.17, 15) is 15.0 Å². The third-order valence-electron chi connectivity index (χ3n) is 7.21. The van der Waals surface area contributed by atoms with Gasteiger partial charge < -0.3 is 24.7 Å². The van der Waals surface area contributed by atoms with Crippen molar-refractivity contribution in [3.63, 3.8) is 0 Å². The Balaban J connectivity index is 1.12. The minimum atomic E-state index is -0.806. The van der Waals surface area contributed by atoms with Gasteiger partial charge in [0.15, 0.2) is 0 Å². The summed E-state index contributed by atoms with van der Waals surface area (Å²) in [5.41, 5.74) is 0.0167. The van der Waals surface area contributed by atoms with Gasteiger partial charge >= 0.3 is 0 Å². The van der Waals surface area contributed by atoms with Crippen molar-refractivity contribution in [2.45, 2.75) is 37.4 Å². The van der Waals surface area contributed by atoms with Gasteiger partial charge in [-0.1, -0.05) is 36.4 Å². The maximum atomic E-state index is 12.3. The molecule has 2 aromatic carbocycles. The van der Waals surface area contributed by atoms with Gasteiger partial charge in [-0.05, 0) is 55.3 Å². The molecule has 1 aromatic heterocycles. The summed E-state index contributed by atoms with van der Waals surface area (Å²) in [7, 11) is 0. The van der Waals surface area contributed by atoms with Gasteiger partial charge in [-0.25, -0.2) is 0 Å². The summed E-state index contributed by atoms with van der Waals surface area (Å²) in [6.07, 6.45) is 6.18. The Labute approximate surface area is 216 Å². The molecule has 0 spiro atoms. The number of ether oxygens (including phenoxy) is 1. The number of thiophene rings is 1. The first kappa shape index (κ1) is 25.0. The van der Waals surface area contributed by atoms with Crippen molar-refractivity contribution in [2.75, 3.05) is 39.3 Å². The fraction of sp³-hybridized carbons (Fsp3) is 0.414. The number of nitrogens with zero attached hydrogens (tertiary/aromatic N) is 2. The van der Waals surface area contributed by atoms with Gasteiger partial charge in [-0.2, -0.15) is 0 Å². The molecule has 0 aliphatic carbocycles. The fourth-order valence-electron chi connectivity index (χ4n) is 5.05. The first-order valence-electron chi connectivity index (χ1n) is 12.8. The standard InChI is InChI=1S/C29H34N2O4S/c32-24(21-35-25-9-3-1-7-22(25)11-12-28(33)31-15-5-6-16-31)20-30-17-13-29(34,14-18-30)27-19-23-8-2-4-10-26(23)36-27/h1-4,7-12,19,24,32,34H,5-6,13-18,20-21H2. The third-order valence-corrected chi connectivity index (χ3v) is 8.52. The lowest BCUT2D eigenvalue weighted by Gasteiger charge is -2.38. The Morgan fingerprint density at radius 1 is 1.06 bits per heavy atom. The summed E-state index contributed by atoms with van der Waals surface area (Å²) in [5, 5.41) is 23.1.